The smallest absolute Gasteiger partial charge is 0.246 e. The first-order valence-corrected chi connectivity index (χ1v) is 9.55. The van der Waals surface area contributed by atoms with Crippen LogP contribution in [0.4, 0.5) is 0 Å². The number of nitrogens with one attached hydrogen (secondary N) is 2. The Balaban J connectivity index is 1.56. The van der Waals surface area contributed by atoms with E-state index in [4.69, 9.17) is 9.26 Å². The second-order valence-electron chi connectivity index (χ2n) is 6.51. The molecular weight excluding hydrogens is 370 g/mol. The normalized spacial score (nSPS) is 12.8. The number of H-pyrrole nitrogens is 1. The molecule has 2 N–H and O–H groups in total. The molecule has 0 fully saturated rings. The first kappa shape index (κ1) is 20.5. The largest absolute Gasteiger partial charge is 0.371 e. The highest BCUT2D eigenvalue weighted by Crippen LogP contribution is 2.16. The maximum Gasteiger partial charge on any atom is 0.246 e. The molecule has 0 saturated heterocycles. The molecule has 0 spiro atoms. The van der Waals surface area contributed by atoms with Crippen molar-refractivity contribution in [2.75, 3.05) is 20.7 Å². The Hall–Kier alpha value is -3.20. The lowest BCUT2D eigenvalue weighted by Crippen LogP contribution is -2.38. The van der Waals surface area contributed by atoms with Crippen LogP contribution in [0.2, 0.25) is 0 Å². The lowest BCUT2D eigenvalue weighted by molar-refractivity contribution is 0.0683. The van der Waals surface area contributed by atoms with Gasteiger partial charge in [0, 0.05) is 20.7 Å². The van der Waals surface area contributed by atoms with E-state index in [9.17, 15) is 0 Å². The van der Waals surface area contributed by atoms with Crippen LogP contribution in [0.5, 0.6) is 0 Å². The zero-order valence-electron chi connectivity index (χ0n) is 17.2. The van der Waals surface area contributed by atoms with Gasteiger partial charge in [-0.25, -0.2) is 4.98 Å². The molecule has 0 amide bonds. The molecule has 2 heterocycles. The second-order valence-corrected chi connectivity index (χ2v) is 6.51. The van der Waals surface area contributed by atoms with Crippen LogP contribution in [0.25, 0.3) is 11.3 Å². The molecule has 0 aliphatic rings. The molecule has 0 saturated carbocycles. The lowest BCUT2D eigenvalue weighted by atomic mass is 10.2. The van der Waals surface area contributed by atoms with Gasteiger partial charge < -0.3 is 24.5 Å². The summed E-state index contributed by atoms with van der Waals surface area (Å²) in [6.07, 6.45) is 1.64. The van der Waals surface area contributed by atoms with E-state index < -0.39 is 0 Å². The molecule has 29 heavy (non-hydrogen) atoms. The fourth-order valence-corrected chi connectivity index (χ4v) is 2.88. The minimum absolute atomic E-state index is 0.197. The van der Waals surface area contributed by atoms with Gasteiger partial charge in [-0.15, -0.1) is 0 Å². The van der Waals surface area contributed by atoms with Gasteiger partial charge in [-0.2, -0.15) is 4.98 Å². The summed E-state index contributed by atoms with van der Waals surface area (Å²) in [5.41, 5.74) is 2.09. The third-order valence-corrected chi connectivity index (χ3v) is 4.34. The van der Waals surface area contributed by atoms with E-state index in [-0.39, 0.29) is 6.10 Å². The lowest BCUT2D eigenvalue weighted by Gasteiger charge is -2.20. The SMILES string of the molecule is CCOC(C)c1noc(CNC(=NC)N(C)Cc2ncc(-c3ccccc3)[nH]2)n1. The number of aromatic nitrogens is 4. The Kier molecular flexibility index (Phi) is 6.96. The summed E-state index contributed by atoms with van der Waals surface area (Å²) < 4.78 is 10.8. The Morgan fingerprint density at radius 1 is 1.34 bits per heavy atom. The van der Waals surface area contributed by atoms with Gasteiger partial charge in [-0.05, 0) is 19.4 Å². The highest BCUT2D eigenvalue weighted by molar-refractivity contribution is 5.79. The van der Waals surface area contributed by atoms with Gasteiger partial charge in [0.05, 0.1) is 25.0 Å². The number of aromatic amines is 1. The summed E-state index contributed by atoms with van der Waals surface area (Å²) >= 11 is 0. The van der Waals surface area contributed by atoms with E-state index in [0.29, 0.717) is 37.4 Å². The fourth-order valence-electron chi connectivity index (χ4n) is 2.88. The molecule has 9 nitrogen and oxygen atoms in total. The summed E-state index contributed by atoms with van der Waals surface area (Å²) in [6, 6.07) is 10.1. The van der Waals surface area contributed by atoms with Crippen molar-refractivity contribution < 1.29 is 9.26 Å². The standard InChI is InChI=1S/C20H27N7O2/c1-5-28-14(2)19-25-18(29-26-19)12-23-20(21-3)27(4)13-17-22-11-16(24-17)15-9-7-6-8-10-15/h6-11,14H,5,12-13H2,1-4H3,(H,21,23)(H,22,24). The van der Waals surface area contributed by atoms with Crippen LogP contribution >= 0.6 is 0 Å². The Morgan fingerprint density at radius 3 is 2.86 bits per heavy atom. The van der Waals surface area contributed by atoms with Crippen molar-refractivity contribution in [3.05, 3.63) is 54.1 Å². The van der Waals surface area contributed by atoms with Crippen molar-refractivity contribution >= 4 is 5.96 Å². The van der Waals surface area contributed by atoms with Gasteiger partial charge in [0.1, 0.15) is 11.9 Å². The van der Waals surface area contributed by atoms with Gasteiger partial charge in [-0.1, -0.05) is 35.5 Å². The van der Waals surface area contributed by atoms with Crippen molar-refractivity contribution in [2.45, 2.75) is 33.0 Å². The Morgan fingerprint density at radius 2 is 2.14 bits per heavy atom. The highest BCUT2D eigenvalue weighted by atomic mass is 16.5. The maximum absolute atomic E-state index is 5.48. The molecule has 1 unspecified atom stereocenters. The average molecular weight is 397 g/mol. The van der Waals surface area contributed by atoms with Gasteiger partial charge in [-0.3, -0.25) is 4.99 Å². The molecule has 0 radical (unpaired) electrons. The number of ether oxygens (including phenoxy) is 1. The first-order chi connectivity index (χ1) is 14.1. The number of benzene rings is 1. The van der Waals surface area contributed by atoms with E-state index in [2.05, 4.69) is 30.4 Å². The zero-order chi connectivity index (χ0) is 20.6. The van der Waals surface area contributed by atoms with Crippen LogP contribution in [-0.4, -0.2) is 51.7 Å². The summed E-state index contributed by atoms with van der Waals surface area (Å²) in [5, 5.41) is 7.19. The number of rotatable bonds is 8. The van der Waals surface area contributed by atoms with Crippen LogP contribution in [0.15, 0.2) is 46.0 Å². The topological polar surface area (TPSA) is 104 Å². The fraction of sp³-hybridized carbons (Fsp3) is 0.400. The number of hydrogen-bond acceptors (Lipinski definition) is 6. The summed E-state index contributed by atoms with van der Waals surface area (Å²) in [4.78, 5) is 18.5. The third kappa shape index (κ3) is 5.41. The molecule has 2 aromatic heterocycles. The highest BCUT2D eigenvalue weighted by Gasteiger charge is 2.15. The third-order valence-electron chi connectivity index (χ3n) is 4.34. The minimum Gasteiger partial charge on any atom is -0.371 e. The molecular formula is C20H27N7O2. The number of hydrogen-bond donors (Lipinski definition) is 2. The number of imidazole rings is 1. The van der Waals surface area contributed by atoms with Crippen molar-refractivity contribution in [3.63, 3.8) is 0 Å². The van der Waals surface area contributed by atoms with Crippen molar-refractivity contribution in [1.29, 1.82) is 0 Å². The molecule has 0 bridgehead atoms. The minimum atomic E-state index is -0.197. The van der Waals surface area contributed by atoms with Crippen LogP contribution in [-0.2, 0) is 17.8 Å². The molecule has 3 aromatic rings. The van der Waals surface area contributed by atoms with Gasteiger partial charge >= 0.3 is 0 Å². The van der Waals surface area contributed by atoms with E-state index in [1.54, 1.807) is 7.05 Å². The van der Waals surface area contributed by atoms with Crippen LogP contribution in [0.3, 0.4) is 0 Å². The first-order valence-electron chi connectivity index (χ1n) is 9.55. The second kappa shape index (κ2) is 9.83. The average Bonchev–Trinajstić information content (AvgIpc) is 3.39. The predicted molar refractivity (Wildman–Crippen MR) is 110 cm³/mol. The maximum atomic E-state index is 5.48. The van der Waals surface area contributed by atoms with Gasteiger partial charge in [0.25, 0.3) is 0 Å². The van der Waals surface area contributed by atoms with Crippen molar-refractivity contribution in [2.24, 2.45) is 4.99 Å². The van der Waals surface area contributed by atoms with E-state index in [1.807, 2.05) is 62.3 Å². The van der Waals surface area contributed by atoms with Crippen LogP contribution < -0.4 is 5.32 Å². The van der Waals surface area contributed by atoms with Crippen molar-refractivity contribution in [3.8, 4) is 11.3 Å². The van der Waals surface area contributed by atoms with Gasteiger partial charge in [0.2, 0.25) is 5.89 Å². The van der Waals surface area contributed by atoms with E-state index in [1.165, 1.54) is 0 Å². The number of nitrogens with zero attached hydrogens (tertiary/aromatic N) is 5. The molecule has 3 rings (SSSR count). The zero-order valence-corrected chi connectivity index (χ0v) is 17.2. The number of aliphatic imine (C=N–C) groups is 1. The summed E-state index contributed by atoms with van der Waals surface area (Å²) in [5.74, 6) is 2.56. The Bertz CT molecular complexity index is 920. The molecule has 154 valence electrons. The molecule has 0 aliphatic carbocycles. The predicted octanol–water partition coefficient (Wildman–Crippen LogP) is 2.76. The van der Waals surface area contributed by atoms with Crippen LogP contribution in [0, 0.1) is 0 Å². The van der Waals surface area contributed by atoms with E-state index in [0.717, 1.165) is 17.1 Å². The molecule has 0 aliphatic heterocycles. The van der Waals surface area contributed by atoms with Crippen LogP contribution in [0.1, 0.15) is 37.5 Å². The summed E-state index contributed by atoms with van der Waals surface area (Å²) in [6.45, 7) is 5.37. The summed E-state index contributed by atoms with van der Waals surface area (Å²) in [7, 11) is 3.67. The Labute approximate surface area is 170 Å². The van der Waals surface area contributed by atoms with Gasteiger partial charge in [0.15, 0.2) is 11.8 Å². The van der Waals surface area contributed by atoms with E-state index >= 15 is 0 Å². The number of guanidine groups is 1. The molecule has 1 atom stereocenters. The molecule has 1 aromatic carbocycles. The quantitative estimate of drug-likeness (QED) is 0.445. The monoisotopic (exact) mass is 397 g/mol. The molecule has 9 heteroatoms. The van der Waals surface area contributed by atoms with Crippen molar-refractivity contribution in [1.82, 2.24) is 30.3 Å².